The smallest absolute Gasteiger partial charge is 0.110 e. The summed E-state index contributed by atoms with van der Waals surface area (Å²) in [6.45, 7) is 10.6. The van der Waals surface area contributed by atoms with E-state index in [0.29, 0.717) is 0 Å². The minimum atomic E-state index is -0.214. The van der Waals surface area contributed by atoms with Crippen LogP contribution in [0.4, 0.5) is 0 Å². The van der Waals surface area contributed by atoms with Crippen LogP contribution in [0.3, 0.4) is 0 Å². The Morgan fingerprint density at radius 3 is 1.25 bits per heavy atom. The molecule has 2 heteroatoms. The molecule has 1 rings (SSSR count). The summed E-state index contributed by atoms with van der Waals surface area (Å²) in [5.74, 6) is 0. The third-order valence-electron chi connectivity index (χ3n) is 3.10. The molecule has 0 radical (unpaired) electrons. The normalized spacial score (nSPS) is 21.5. The summed E-state index contributed by atoms with van der Waals surface area (Å²) in [5, 5.41) is 0. The summed E-state index contributed by atoms with van der Waals surface area (Å²) < 4.78 is 0. The van der Waals surface area contributed by atoms with Crippen molar-refractivity contribution in [1.82, 2.24) is 0 Å². The van der Waals surface area contributed by atoms with Crippen LogP contribution in [-0.4, -0.2) is 4.87 Å². The first-order chi connectivity index (χ1) is 4.89. The molecule has 0 aromatic heterocycles. The first-order valence-electron chi connectivity index (χ1n) is 3.94. The van der Waals surface area contributed by atoms with E-state index in [9.17, 15) is 0 Å². The van der Waals surface area contributed by atoms with Gasteiger partial charge in [0.15, 0.2) is 0 Å². The molecule has 0 unspecified atom stereocenters. The fourth-order valence-corrected chi connectivity index (χ4v) is 1.83. The summed E-state index contributed by atoms with van der Waals surface area (Å²) >= 11 is 6.34. The third kappa shape index (κ3) is 1.54. The number of halogens is 1. The van der Waals surface area contributed by atoms with Gasteiger partial charge in [-0.1, -0.05) is 0 Å². The first-order valence-corrected chi connectivity index (χ1v) is 4.32. The van der Waals surface area contributed by atoms with E-state index in [4.69, 9.17) is 11.6 Å². The Labute approximate surface area is 92.8 Å². The van der Waals surface area contributed by atoms with Gasteiger partial charge in [-0.05, 0) is 56.9 Å². The Morgan fingerprint density at radius 1 is 0.917 bits per heavy atom. The fraction of sp³-hybridized carbons (Fsp3) is 0.600. The van der Waals surface area contributed by atoms with Crippen molar-refractivity contribution in [1.29, 1.82) is 0 Å². The first kappa shape index (κ1) is 12.4. The fourth-order valence-electron chi connectivity index (χ4n) is 1.55. The summed E-state index contributed by atoms with van der Waals surface area (Å²) in [4.78, 5) is -0.214. The average Bonchev–Trinajstić information content (AvgIpc) is 2.06. The Balaban J connectivity index is 0.00000121. The molecule has 0 bridgehead atoms. The van der Waals surface area contributed by atoms with Crippen molar-refractivity contribution >= 4 is 11.6 Å². The molecule has 0 saturated heterocycles. The summed E-state index contributed by atoms with van der Waals surface area (Å²) in [6, 6.07) is 0. The zero-order valence-corrected chi connectivity index (χ0v) is 10.7. The zero-order valence-electron chi connectivity index (χ0n) is 8.23. The minimum Gasteiger partial charge on any atom is -0.110 e. The molecule has 0 fully saturated rings. The van der Waals surface area contributed by atoms with Crippen LogP contribution in [0.25, 0.3) is 0 Å². The molecule has 0 aliphatic heterocycles. The predicted octanol–water partition coefficient (Wildman–Crippen LogP) is 3.67. The standard InChI is InChI=1S/C10H15Cl.Ru/c1-6-7(2)9(4)10(5,11)8(6)3;/h1-5H3;/q;+2. The van der Waals surface area contributed by atoms with Crippen molar-refractivity contribution in [2.24, 2.45) is 0 Å². The quantitative estimate of drug-likeness (QED) is 0.466. The van der Waals surface area contributed by atoms with E-state index < -0.39 is 0 Å². The van der Waals surface area contributed by atoms with Gasteiger partial charge in [-0.3, -0.25) is 0 Å². The largest absolute Gasteiger partial charge is 2.00 e. The number of hydrogen-bond donors (Lipinski definition) is 0. The van der Waals surface area contributed by atoms with Crippen LogP contribution in [0.5, 0.6) is 0 Å². The van der Waals surface area contributed by atoms with E-state index in [1.54, 1.807) is 0 Å². The number of allylic oxidation sites excluding steroid dienone is 4. The van der Waals surface area contributed by atoms with Gasteiger partial charge in [-0.25, -0.2) is 0 Å². The molecule has 0 saturated carbocycles. The molecule has 1 aliphatic rings. The van der Waals surface area contributed by atoms with E-state index in [-0.39, 0.29) is 24.4 Å². The van der Waals surface area contributed by atoms with Crippen LogP contribution in [0.1, 0.15) is 34.6 Å². The van der Waals surface area contributed by atoms with Gasteiger partial charge < -0.3 is 0 Å². The van der Waals surface area contributed by atoms with Crippen LogP contribution < -0.4 is 0 Å². The molecule has 0 amide bonds. The number of hydrogen-bond acceptors (Lipinski definition) is 0. The van der Waals surface area contributed by atoms with Crippen molar-refractivity contribution in [2.75, 3.05) is 0 Å². The Morgan fingerprint density at radius 2 is 1.17 bits per heavy atom. The maximum absolute atomic E-state index is 6.34. The summed E-state index contributed by atoms with van der Waals surface area (Å²) in [6.07, 6.45) is 0. The molecule has 1 aliphatic carbocycles. The van der Waals surface area contributed by atoms with E-state index in [2.05, 4.69) is 34.6 Å². The third-order valence-corrected chi connectivity index (χ3v) is 3.66. The number of alkyl halides is 1. The molecular weight excluding hydrogens is 257 g/mol. The van der Waals surface area contributed by atoms with Crippen LogP contribution in [0, 0.1) is 0 Å². The van der Waals surface area contributed by atoms with Crippen molar-refractivity contribution in [3.05, 3.63) is 22.3 Å². The molecule has 0 spiro atoms. The van der Waals surface area contributed by atoms with E-state index in [1.807, 2.05) is 0 Å². The van der Waals surface area contributed by atoms with Gasteiger partial charge in [-0.15, -0.1) is 11.6 Å². The van der Waals surface area contributed by atoms with Crippen molar-refractivity contribution in [3.63, 3.8) is 0 Å². The van der Waals surface area contributed by atoms with Gasteiger partial charge in [0.1, 0.15) is 0 Å². The number of rotatable bonds is 0. The van der Waals surface area contributed by atoms with Gasteiger partial charge in [-0.2, -0.15) is 0 Å². The van der Waals surface area contributed by atoms with Crippen molar-refractivity contribution in [2.45, 2.75) is 39.5 Å². The van der Waals surface area contributed by atoms with Crippen molar-refractivity contribution in [3.8, 4) is 0 Å². The monoisotopic (exact) mass is 272 g/mol. The maximum Gasteiger partial charge on any atom is 2.00 e. The summed E-state index contributed by atoms with van der Waals surface area (Å²) in [5.41, 5.74) is 5.32. The van der Waals surface area contributed by atoms with Crippen molar-refractivity contribution < 1.29 is 19.5 Å². The average molecular weight is 272 g/mol. The molecule has 0 N–H and O–H groups in total. The van der Waals surface area contributed by atoms with Crippen LogP contribution >= 0.6 is 11.6 Å². The van der Waals surface area contributed by atoms with E-state index in [0.717, 1.165) is 0 Å². The molecule has 0 aromatic carbocycles. The second-order valence-electron chi connectivity index (χ2n) is 3.50. The maximum atomic E-state index is 6.34. The molecular formula is C10H15ClRu+2. The molecule has 0 aromatic rings. The van der Waals surface area contributed by atoms with Gasteiger partial charge in [0, 0.05) is 0 Å². The Kier molecular flexibility index (Phi) is 3.76. The van der Waals surface area contributed by atoms with Gasteiger partial charge in [0.25, 0.3) is 0 Å². The van der Waals surface area contributed by atoms with Gasteiger partial charge in [0.05, 0.1) is 4.87 Å². The summed E-state index contributed by atoms with van der Waals surface area (Å²) in [7, 11) is 0. The molecule has 12 heavy (non-hydrogen) atoms. The van der Waals surface area contributed by atoms with E-state index in [1.165, 1.54) is 22.3 Å². The zero-order chi connectivity index (χ0) is 8.81. The van der Waals surface area contributed by atoms with Crippen LogP contribution in [-0.2, 0) is 19.5 Å². The molecule has 0 nitrogen and oxygen atoms in total. The topological polar surface area (TPSA) is 0 Å². The van der Waals surface area contributed by atoms with Crippen LogP contribution in [0.2, 0.25) is 0 Å². The molecule has 0 heterocycles. The van der Waals surface area contributed by atoms with Crippen LogP contribution in [0.15, 0.2) is 22.3 Å². The second-order valence-corrected chi connectivity index (χ2v) is 4.26. The molecule has 68 valence electrons. The second kappa shape index (κ2) is 3.64. The van der Waals surface area contributed by atoms with Gasteiger partial charge >= 0.3 is 19.5 Å². The SMILES string of the molecule is CC1=C(C)C(C)(Cl)C(C)=C1C.[Ru+2]. The van der Waals surface area contributed by atoms with Gasteiger partial charge in [0.2, 0.25) is 0 Å². The Hall–Kier alpha value is 0.393. The predicted molar refractivity (Wildman–Crippen MR) is 51.0 cm³/mol. The Bertz CT molecular complexity index is 233. The molecule has 0 atom stereocenters. The van der Waals surface area contributed by atoms with E-state index >= 15 is 0 Å². The minimum absolute atomic E-state index is 0.